The van der Waals surface area contributed by atoms with E-state index in [0.717, 1.165) is 54.0 Å². The third-order valence-corrected chi connectivity index (χ3v) is 6.00. The third kappa shape index (κ3) is 4.39. The normalized spacial score (nSPS) is 16.4. The number of aromatic nitrogens is 3. The summed E-state index contributed by atoms with van der Waals surface area (Å²) >= 11 is 1.72. The minimum atomic E-state index is 0.228. The van der Waals surface area contributed by atoms with Crippen molar-refractivity contribution in [3.05, 3.63) is 59.7 Å². The summed E-state index contributed by atoms with van der Waals surface area (Å²) in [6, 6.07) is 16.6. The lowest BCUT2D eigenvalue weighted by Crippen LogP contribution is -2.16. The van der Waals surface area contributed by atoms with Crippen LogP contribution in [0.25, 0.3) is 11.4 Å². The highest BCUT2D eigenvalue weighted by molar-refractivity contribution is 7.98. The van der Waals surface area contributed by atoms with Crippen LogP contribution in [0.15, 0.2) is 53.7 Å². The molecule has 5 nitrogen and oxygen atoms in total. The zero-order chi connectivity index (χ0) is 19.3. The van der Waals surface area contributed by atoms with Gasteiger partial charge in [-0.25, -0.2) is 0 Å². The van der Waals surface area contributed by atoms with Crippen molar-refractivity contribution >= 4 is 11.8 Å². The smallest absolute Gasteiger partial charge is 0.191 e. The monoisotopic (exact) mass is 395 g/mol. The van der Waals surface area contributed by atoms with Crippen LogP contribution in [-0.2, 0) is 17.0 Å². The van der Waals surface area contributed by atoms with Gasteiger partial charge in [-0.2, -0.15) is 0 Å². The molecular formula is C22H25N3O2S. The van der Waals surface area contributed by atoms with Crippen molar-refractivity contribution in [2.24, 2.45) is 0 Å². The topological polar surface area (TPSA) is 49.2 Å². The second kappa shape index (κ2) is 8.80. The summed E-state index contributed by atoms with van der Waals surface area (Å²) in [4.78, 5) is 0. The van der Waals surface area contributed by atoms with E-state index in [1.54, 1.807) is 18.9 Å². The molecule has 0 bridgehead atoms. The number of aryl methyl sites for hydroxylation is 1. The Morgan fingerprint density at radius 3 is 2.57 bits per heavy atom. The van der Waals surface area contributed by atoms with Gasteiger partial charge < -0.3 is 9.47 Å². The van der Waals surface area contributed by atoms with Gasteiger partial charge in [0.25, 0.3) is 0 Å². The molecular weight excluding hydrogens is 370 g/mol. The molecule has 0 spiro atoms. The fourth-order valence-electron chi connectivity index (χ4n) is 3.34. The van der Waals surface area contributed by atoms with Crippen LogP contribution < -0.4 is 4.74 Å². The standard InChI is InChI=1S/C22H25N3O2S/c1-16-5-7-17(8-6-16)15-28-22-24-23-21(18-9-11-19(26-2)12-10-18)25(22)14-20-4-3-13-27-20/h5-12,20H,3-4,13-15H2,1-2H3/t20-/m1/s1. The average molecular weight is 396 g/mol. The molecule has 4 rings (SSSR count). The van der Waals surface area contributed by atoms with E-state index < -0.39 is 0 Å². The summed E-state index contributed by atoms with van der Waals surface area (Å²) in [5.41, 5.74) is 3.60. The number of thioether (sulfide) groups is 1. The first kappa shape index (κ1) is 19.0. The van der Waals surface area contributed by atoms with Gasteiger partial charge >= 0.3 is 0 Å². The maximum atomic E-state index is 5.88. The molecule has 6 heteroatoms. The van der Waals surface area contributed by atoms with Crippen molar-refractivity contribution in [3.63, 3.8) is 0 Å². The Morgan fingerprint density at radius 2 is 1.89 bits per heavy atom. The molecule has 1 aliphatic heterocycles. The minimum absolute atomic E-state index is 0.228. The van der Waals surface area contributed by atoms with Gasteiger partial charge in [0.1, 0.15) is 5.75 Å². The minimum Gasteiger partial charge on any atom is -0.497 e. The Labute approximate surface area is 170 Å². The molecule has 0 saturated carbocycles. The number of rotatable bonds is 7. The van der Waals surface area contributed by atoms with Crippen molar-refractivity contribution in [1.29, 1.82) is 0 Å². The summed E-state index contributed by atoms with van der Waals surface area (Å²) in [6.07, 6.45) is 2.44. The predicted molar refractivity (Wildman–Crippen MR) is 112 cm³/mol. The molecule has 146 valence electrons. The van der Waals surface area contributed by atoms with Crippen molar-refractivity contribution in [3.8, 4) is 17.1 Å². The summed E-state index contributed by atoms with van der Waals surface area (Å²) in [6.45, 7) is 3.73. The van der Waals surface area contributed by atoms with Crippen molar-refractivity contribution in [1.82, 2.24) is 14.8 Å². The summed E-state index contributed by atoms with van der Waals surface area (Å²) in [5, 5.41) is 9.94. The van der Waals surface area contributed by atoms with Crippen LogP contribution in [0, 0.1) is 6.92 Å². The number of benzene rings is 2. The Hall–Kier alpha value is -2.31. The Balaban J connectivity index is 1.59. The van der Waals surface area contributed by atoms with Gasteiger partial charge in [-0.05, 0) is 49.6 Å². The predicted octanol–water partition coefficient (Wildman–Crippen LogP) is 4.73. The molecule has 0 aliphatic carbocycles. The van der Waals surface area contributed by atoms with Crippen LogP contribution in [0.3, 0.4) is 0 Å². The molecule has 2 aromatic carbocycles. The van der Waals surface area contributed by atoms with E-state index >= 15 is 0 Å². The van der Waals surface area contributed by atoms with Crippen molar-refractivity contribution < 1.29 is 9.47 Å². The van der Waals surface area contributed by atoms with Gasteiger partial charge in [-0.3, -0.25) is 4.57 Å². The van der Waals surface area contributed by atoms with Gasteiger partial charge in [0.15, 0.2) is 11.0 Å². The molecule has 2 heterocycles. The third-order valence-electron chi connectivity index (χ3n) is 4.96. The second-order valence-electron chi connectivity index (χ2n) is 7.05. The maximum Gasteiger partial charge on any atom is 0.191 e. The van der Waals surface area contributed by atoms with Gasteiger partial charge in [0, 0.05) is 17.9 Å². The van der Waals surface area contributed by atoms with E-state index in [2.05, 4.69) is 46.0 Å². The molecule has 0 N–H and O–H groups in total. The lowest BCUT2D eigenvalue weighted by molar-refractivity contribution is 0.0953. The molecule has 0 unspecified atom stereocenters. The fraction of sp³-hybridized carbons (Fsp3) is 0.364. The first-order valence-corrected chi connectivity index (χ1v) is 10.6. The molecule has 1 fully saturated rings. The second-order valence-corrected chi connectivity index (χ2v) is 8.00. The van der Waals surface area contributed by atoms with E-state index in [0.29, 0.717) is 0 Å². The van der Waals surface area contributed by atoms with Crippen molar-refractivity contribution in [2.45, 2.75) is 43.3 Å². The first-order chi connectivity index (χ1) is 13.7. The number of methoxy groups -OCH3 is 1. The van der Waals surface area contributed by atoms with E-state index in [4.69, 9.17) is 9.47 Å². The van der Waals surface area contributed by atoms with Gasteiger partial charge in [-0.15, -0.1) is 10.2 Å². The van der Waals surface area contributed by atoms with Gasteiger partial charge in [0.2, 0.25) is 0 Å². The van der Waals surface area contributed by atoms with Gasteiger partial charge in [0.05, 0.1) is 19.8 Å². The van der Waals surface area contributed by atoms with Crippen LogP contribution in [0.1, 0.15) is 24.0 Å². The molecule has 3 aromatic rings. The number of hydrogen-bond donors (Lipinski definition) is 0. The lowest BCUT2D eigenvalue weighted by atomic mass is 10.2. The molecule has 28 heavy (non-hydrogen) atoms. The zero-order valence-electron chi connectivity index (χ0n) is 16.3. The molecule has 1 atom stereocenters. The lowest BCUT2D eigenvalue weighted by Gasteiger charge is -2.15. The highest BCUT2D eigenvalue weighted by Gasteiger charge is 2.21. The highest BCUT2D eigenvalue weighted by Crippen LogP contribution is 2.29. The number of nitrogens with zero attached hydrogens (tertiary/aromatic N) is 3. The van der Waals surface area contributed by atoms with E-state index in [-0.39, 0.29) is 6.10 Å². The van der Waals surface area contributed by atoms with E-state index in [9.17, 15) is 0 Å². The molecule has 0 radical (unpaired) electrons. The first-order valence-electron chi connectivity index (χ1n) is 9.60. The van der Waals surface area contributed by atoms with Crippen LogP contribution in [0.5, 0.6) is 5.75 Å². The summed E-state index contributed by atoms with van der Waals surface area (Å²) in [7, 11) is 1.68. The number of hydrogen-bond acceptors (Lipinski definition) is 5. The highest BCUT2D eigenvalue weighted by atomic mass is 32.2. The van der Waals surface area contributed by atoms with Gasteiger partial charge in [-0.1, -0.05) is 41.6 Å². The molecule has 1 aromatic heterocycles. The van der Waals surface area contributed by atoms with Crippen LogP contribution in [0.2, 0.25) is 0 Å². The molecule has 1 aliphatic rings. The van der Waals surface area contributed by atoms with E-state index in [1.807, 2.05) is 24.3 Å². The van der Waals surface area contributed by atoms with E-state index in [1.165, 1.54) is 11.1 Å². The zero-order valence-corrected chi connectivity index (χ0v) is 17.1. The Morgan fingerprint density at radius 1 is 1.11 bits per heavy atom. The van der Waals surface area contributed by atoms with Crippen LogP contribution in [0.4, 0.5) is 0 Å². The maximum absolute atomic E-state index is 5.88. The van der Waals surface area contributed by atoms with Crippen LogP contribution >= 0.6 is 11.8 Å². The molecule has 1 saturated heterocycles. The summed E-state index contributed by atoms with van der Waals surface area (Å²) in [5.74, 6) is 2.58. The average Bonchev–Trinajstić information content (AvgIpc) is 3.38. The molecule has 0 amide bonds. The van der Waals surface area contributed by atoms with Crippen LogP contribution in [-0.4, -0.2) is 34.6 Å². The Kier molecular flexibility index (Phi) is 5.98. The summed E-state index contributed by atoms with van der Waals surface area (Å²) < 4.78 is 13.4. The fourth-order valence-corrected chi connectivity index (χ4v) is 4.24. The Bertz CT molecular complexity index is 901. The SMILES string of the molecule is COc1ccc(-c2nnc(SCc3ccc(C)cc3)n2C[C@H]2CCCO2)cc1. The quantitative estimate of drug-likeness (QED) is 0.541. The number of ether oxygens (including phenoxy) is 2. The van der Waals surface area contributed by atoms with Crippen molar-refractivity contribution in [2.75, 3.05) is 13.7 Å². The largest absolute Gasteiger partial charge is 0.497 e.